The molecule has 0 bridgehead atoms. The number of hydrogen-bond donors (Lipinski definition) is 0. The Morgan fingerprint density at radius 3 is 2.35 bits per heavy atom. The molecule has 3 unspecified atom stereocenters. The van der Waals surface area contributed by atoms with Crippen LogP contribution in [-0.2, 0) is 24.7 Å². The summed E-state index contributed by atoms with van der Waals surface area (Å²) in [4.78, 5) is 0. The van der Waals surface area contributed by atoms with E-state index in [9.17, 15) is 0 Å². The SMILES string of the molecule is C[C]([Zr+2])(CCCC1C=Cc2ccccc21)CCC1C2=C(c3ccccc31)[Si]2(C)C.[Cl-].[Cl-]. The van der Waals surface area contributed by atoms with Crippen molar-refractivity contribution in [2.24, 2.45) is 0 Å². The predicted molar refractivity (Wildman–Crippen MR) is 123 cm³/mol. The number of benzene rings is 2. The van der Waals surface area contributed by atoms with Crippen LogP contribution >= 0.6 is 0 Å². The van der Waals surface area contributed by atoms with Crippen molar-refractivity contribution in [3.05, 3.63) is 82.1 Å². The summed E-state index contributed by atoms with van der Waals surface area (Å²) in [6.07, 6.45) is 11.5. The summed E-state index contributed by atoms with van der Waals surface area (Å²) in [5.74, 6) is 1.39. The third kappa shape index (κ3) is 4.65. The summed E-state index contributed by atoms with van der Waals surface area (Å²) in [6.45, 7) is 7.66. The maximum Gasteiger partial charge on any atom is -1.00 e. The largest absolute Gasteiger partial charge is 1.00 e. The third-order valence-corrected chi connectivity index (χ3v) is 12.3. The first kappa shape index (κ1) is 25.2. The molecule has 2 aromatic rings. The molecule has 0 amide bonds. The minimum atomic E-state index is -1.16. The van der Waals surface area contributed by atoms with Gasteiger partial charge in [0.15, 0.2) is 0 Å². The number of halogens is 2. The molecule has 2 aliphatic carbocycles. The topological polar surface area (TPSA) is 0 Å². The fourth-order valence-electron chi connectivity index (χ4n) is 5.95. The van der Waals surface area contributed by atoms with Crippen LogP contribution in [0.4, 0.5) is 0 Å². The van der Waals surface area contributed by atoms with Gasteiger partial charge in [-0.2, -0.15) is 0 Å². The summed E-state index contributed by atoms with van der Waals surface area (Å²) >= 11 is 1.72. The van der Waals surface area contributed by atoms with Gasteiger partial charge in [-0.15, -0.1) is 0 Å². The van der Waals surface area contributed by atoms with Gasteiger partial charge >= 0.3 is 193 Å². The predicted octanol–water partition coefficient (Wildman–Crippen LogP) is 1.83. The number of hydrogen-bond acceptors (Lipinski definition) is 0. The van der Waals surface area contributed by atoms with Crippen LogP contribution in [0.5, 0.6) is 0 Å². The first-order chi connectivity index (χ1) is 13.9. The molecule has 5 rings (SSSR count). The van der Waals surface area contributed by atoms with Crippen LogP contribution < -0.4 is 24.8 Å². The van der Waals surface area contributed by atoms with Crippen LogP contribution in [0.25, 0.3) is 11.3 Å². The van der Waals surface area contributed by atoms with E-state index in [4.69, 9.17) is 0 Å². The second kappa shape index (κ2) is 9.46. The van der Waals surface area contributed by atoms with E-state index in [1.165, 1.54) is 37.7 Å². The molecular weight excluding hydrogens is 515 g/mol. The summed E-state index contributed by atoms with van der Waals surface area (Å²) in [5.41, 5.74) is 6.23. The van der Waals surface area contributed by atoms with E-state index in [1.54, 1.807) is 46.6 Å². The van der Waals surface area contributed by atoms with Gasteiger partial charge in [-0.25, -0.2) is 0 Å². The molecule has 0 fully saturated rings. The molecule has 0 spiro atoms. The molecular formula is C27H31Cl2SiZr. The zero-order chi connectivity index (χ0) is 20.2. The van der Waals surface area contributed by atoms with Crippen molar-refractivity contribution in [1.82, 2.24) is 0 Å². The van der Waals surface area contributed by atoms with E-state index in [0.29, 0.717) is 9.04 Å². The minimum Gasteiger partial charge on any atom is -1.00 e. The standard InChI is InChI=1S/C27H31Si.2ClH.Zr/c1-19(9-8-11-21-17-16-20-10-4-5-12-22(20)21)15-18-25-23-13-6-7-14-24(23)26-27(25)28(26,2)3;;;/h4-7,10,12-14,16-17,21,25H,8-9,11,15,18H2,1-3H3;2*1H;/q;;;+2/p-2. The number of rotatable bonds is 7. The Labute approximate surface area is 216 Å². The van der Waals surface area contributed by atoms with Crippen LogP contribution in [0.2, 0.25) is 16.2 Å². The molecule has 1 heterocycles. The Morgan fingerprint density at radius 1 is 0.903 bits per heavy atom. The summed E-state index contributed by atoms with van der Waals surface area (Å²) in [6, 6.07) is 18.2. The summed E-state index contributed by atoms with van der Waals surface area (Å²) in [5, 5.41) is 3.69. The van der Waals surface area contributed by atoms with Gasteiger partial charge in [0.05, 0.1) is 0 Å². The summed E-state index contributed by atoms with van der Waals surface area (Å²) in [7, 11) is -1.16. The van der Waals surface area contributed by atoms with Crippen molar-refractivity contribution in [3.8, 4) is 0 Å². The van der Waals surface area contributed by atoms with Crippen LogP contribution in [0.3, 0.4) is 0 Å². The maximum atomic E-state index is 2.56. The van der Waals surface area contributed by atoms with Crippen LogP contribution in [-0.4, -0.2) is 8.07 Å². The van der Waals surface area contributed by atoms with Crippen LogP contribution in [0.1, 0.15) is 73.1 Å². The average Bonchev–Trinajstić information content (AvgIpc) is 3.01. The van der Waals surface area contributed by atoms with E-state index >= 15 is 0 Å². The molecule has 0 saturated heterocycles. The zero-order valence-electron chi connectivity index (χ0n) is 18.7. The Kier molecular flexibility index (Phi) is 7.70. The van der Waals surface area contributed by atoms with Gasteiger partial charge in [0.1, 0.15) is 0 Å². The zero-order valence-corrected chi connectivity index (χ0v) is 23.7. The van der Waals surface area contributed by atoms with E-state index in [1.807, 2.05) is 5.20 Å². The van der Waals surface area contributed by atoms with Gasteiger partial charge in [0.25, 0.3) is 0 Å². The molecule has 0 saturated carbocycles. The first-order valence-corrected chi connectivity index (χ1v) is 15.5. The molecule has 0 aromatic heterocycles. The van der Waals surface area contributed by atoms with E-state index in [-0.39, 0.29) is 24.8 Å². The molecule has 3 atom stereocenters. The van der Waals surface area contributed by atoms with Crippen LogP contribution in [0.15, 0.2) is 59.8 Å². The molecule has 1 aliphatic heterocycles. The quantitative estimate of drug-likeness (QED) is 0.466. The Morgan fingerprint density at radius 2 is 1.58 bits per heavy atom. The molecule has 2 aromatic carbocycles. The van der Waals surface area contributed by atoms with E-state index in [2.05, 4.69) is 80.7 Å². The normalized spacial score (nSPS) is 23.3. The van der Waals surface area contributed by atoms with E-state index < -0.39 is 8.07 Å². The van der Waals surface area contributed by atoms with Gasteiger partial charge in [0, 0.05) is 0 Å². The van der Waals surface area contributed by atoms with Crippen molar-refractivity contribution in [2.45, 2.75) is 67.1 Å². The fourth-order valence-corrected chi connectivity index (χ4v) is 10.9. The van der Waals surface area contributed by atoms with Crippen molar-refractivity contribution in [1.29, 1.82) is 0 Å². The van der Waals surface area contributed by atoms with Gasteiger partial charge in [-0.1, -0.05) is 0 Å². The average molecular weight is 546 g/mol. The fraction of sp³-hybridized carbons (Fsp3) is 0.407. The Bertz CT molecular complexity index is 1020. The Hall–Kier alpha value is -0.400. The van der Waals surface area contributed by atoms with Crippen LogP contribution in [0, 0.1) is 0 Å². The first-order valence-electron chi connectivity index (χ1n) is 11.2. The van der Waals surface area contributed by atoms with Gasteiger partial charge in [0.2, 0.25) is 0 Å². The van der Waals surface area contributed by atoms with Crippen molar-refractivity contribution >= 4 is 19.3 Å². The van der Waals surface area contributed by atoms with Crippen molar-refractivity contribution in [2.75, 3.05) is 0 Å². The third-order valence-electron chi connectivity index (χ3n) is 7.59. The van der Waals surface area contributed by atoms with Gasteiger partial charge < -0.3 is 24.8 Å². The molecule has 0 nitrogen and oxygen atoms in total. The molecule has 0 N–H and O–H groups in total. The molecule has 161 valence electrons. The monoisotopic (exact) mass is 543 g/mol. The van der Waals surface area contributed by atoms with Crippen molar-refractivity contribution in [3.63, 3.8) is 0 Å². The smallest absolute Gasteiger partial charge is 1.00 e. The summed E-state index contributed by atoms with van der Waals surface area (Å²) < 4.78 is 0.521. The second-order valence-corrected chi connectivity index (χ2v) is 17.4. The number of fused-ring (bicyclic) bond motifs is 3. The molecule has 3 aliphatic rings. The van der Waals surface area contributed by atoms with Gasteiger partial charge in [-0.3, -0.25) is 0 Å². The number of allylic oxidation sites excluding steroid dienone is 2. The van der Waals surface area contributed by atoms with Crippen molar-refractivity contribution < 1.29 is 49.5 Å². The maximum absolute atomic E-state index is 2.56. The Balaban J connectivity index is 0.00000136. The molecule has 0 radical (unpaired) electrons. The second-order valence-electron chi connectivity index (χ2n) is 10.1. The van der Waals surface area contributed by atoms with Gasteiger partial charge in [-0.05, 0) is 0 Å². The minimum absolute atomic E-state index is 0. The molecule has 31 heavy (non-hydrogen) atoms. The van der Waals surface area contributed by atoms with E-state index in [0.717, 1.165) is 5.92 Å². The molecule has 4 heteroatoms.